The lowest BCUT2D eigenvalue weighted by atomic mass is 9.98. The van der Waals surface area contributed by atoms with Crippen molar-refractivity contribution in [2.75, 3.05) is 4.90 Å². The van der Waals surface area contributed by atoms with Gasteiger partial charge in [-0.1, -0.05) is 158 Å². The molecule has 0 saturated carbocycles. The molecule has 9 aromatic carbocycles. The maximum absolute atomic E-state index is 7.02. The molecule has 3 heterocycles. The predicted molar refractivity (Wildman–Crippen MR) is 240 cm³/mol. The Labute approximate surface area is 330 Å². The number of para-hydroxylation sites is 1. The number of anilines is 3. The maximum Gasteiger partial charge on any atom is 0.189 e. The van der Waals surface area contributed by atoms with E-state index in [1.807, 2.05) is 11.3 Å². The number of fused-ring (bicyclic) bond motifs is 13. The molecule has 1 spiro atoms. The molecule has 0 atom stereocenters. The van der Waals surface area contributed by atoms with Gasteiger partial charge < -0.3 is 9.64 Å². The van der Waals surface area contributed by atoms with Crippen LogP contribution >= 0.6 is 11.3 Å². The molecule has 0 radical (unpaired) electrons. The molecule has 0 bridgehead atoms. The molecular formula is C52H33NOSSi. The van der Waals surface area contributed by atoms with Crippen molar-refractivity contribution in [2.45, 2.75) is 0 Å². The molecule has 2 aliphatic rings. The lowest BCUT2D eigenvalue weighted by Gasteiger charge is -2.38. The van der Waals surface area contributed by atoms with Crippen LogP contribution in [0.3, 0.4) is 0 Å². The van der Waals surface area contributed by atoms with Gasteiger partial charge in [0.15, 0.2) is 8.07 Å². The Hall–Kier alpha value is -6.72. The molecule has 0 aliphatic carbocycles. The van der Waals surface area contributed by atoms with Crippen molar-refractivity contribution >= 4 is 88.2 Å². The molecule has 0 amide bonds. The Kier molecular flexibility index (Phi) is 6.85. The zero-order valence-corrected chi connectivity index (χ0v) is 32.1. The minimum atomic E-state index is -2.69. The molecule has 10 aromatic rings. The van der Waals surface area contributed by atoms with Gasteiger partial charge in [0.25, 0.3) is 0 Å². The van der Waals surface area contributed by atoms with Crippen molar-refractivity contribution in [3.8, 4) is 33.8 Å². The summed E-state index contributed by atoms with van der Waals surface area (Å²) in [6.07, 6.45) is 0. The Morgan fingerprint density at radius 1 is 0.411 bits per heavy atom. The molecule has 4 heteroatoms. The van der Waals surface area contributed by atoms with Crippen LogP contribution in [0.15, 0.2) is 200 Å². The van der Waals surface area contributed by atoms with E-state index < -0.39 is 8.07 Å². The van der Waals surface area contributed by atoms with E-state index in [1.54, 1.807) is 0 Å². The van der Waals surface area contributed by atoms with Crippen LogP contribution in [0.1, 0.15) is 0 Å². The molecule has 0 fully saturated rings. The van der Waals surface area contributed by atoms with E-state index in [9.17, 15) is 0 Å². The second-order valence-corrected chi connectivity index (χ2v) is 19.5. The highest BCUT2D eigenvalue weighted by atomic mass is 32.1. The Bertz CT molecular complexity index is 3150. The second-order valence-electron chi connectivity index (χ2n) is 14.8. The van der Waals surface area contributed by atoms with E-state index in [0.717, 1.165) is 28.6 Å². The molecule has 0 unspecified atom stereocenters. The van der Waals surface area contributed by atoms with E-state index in [-0.39, 0.29) is 0 Å². The molecule has 12 rings (SSSR count). The van der Waals surface area contributed by atoms with Crippen LogP contribution in [0.2, 0.25) is 0 Å². The normalized spacial score (nSPS) is 13.3. The quantitative estimate of drug-likeness (QED) is 0.166. The first-order valence-corrected chi connectivity index (χ1v) is 22.0. The minimum absolute atomic E-state index is 0.931. The summed E-state index contributed by atoms with van der Waals surface area (Å²) in [5, 5.41) is 10.5. The molecule has 0 N–H and O–H groups in total. The summed E-state index contributed by atoms with van der Waals surface area (Å²) in [5.41, 5.74) is 8.43. The van der Waals surface area contributed by atoms with Gasteiger partial charge in [0, 0.05) is 32.9 Å². The largest absolute Gasteiger partial charge is 0.457 e. The van der Waals surface area contributed by atoms with Gasteiger partial charge in [-0.15, -0.1) is 11.3 Å². The summed E-state index contributed by atoms with van der Waals surface area (Å²) in [4.78, 5) is 2.43. The van der Waals surface area contributed by atoms with Gasteiger partial charge in [-0.3, -0.25) is 0 Å². The third kappa shape index (κ3) is 4.42. The van der Waals surface area contributed by atoms with Gasteiger partial charge in [0.2, 0.25) is 0 Å². The average Bonchev–Trinajstić information content (AvgIpc) is 3.79. The molecule has 56 heavy (non-hydrogen) atoms. The third-order valence-electron chi connectivity index (χ3n) is 11.9. The minimum Gasteiger partial charge on any atom is -0.457 e. The average molecular weight is 748 g/mol. The number of hydrogen-bond donors (Lipinski definition) is 0. The van der Waals surface area contributed by atoms with Gasteiger partial charge in [-0.25, -0.2) is 0 Å². The summed E-state index contributed by atoms with van der Waals surface area (Å²) in [7, 11) is -2.69. The van der Waals surface area contributed by atoms with Gasteiger partial charge >= 0.3 is 0 Å². The zero-order chi connectivity index (χ0) is 36.8. The number of thiophene rings is 1. The standard InChI is InChI=1S/C52H33NOSSi/c1-2-15-38-34(13-1)14-11-19-39(38)35-27-29-36(30-28-35)53(44-21-12-20-43-40-16-3-7-23-47(40)55-52(43)44)37-31-32-51-46(33-37)54-45-22-6-10-26-50(45)56(51)48-24-8-4-17-41(48)42-18-5-9-25-49(42)56/h1-33H. The van der Waals surface area contributed by atoms with E-state index in [1.165, 1.54) is 73.9 Å². The number of nitrogens with zero attached hydrogens (tertiary/aromatic N) is 1. The Balaban J connectivity index is 1.09. The molecule has 2 nitrogen and oxygen atoms in total. The first kappa shape index (κ1) is 31.6. The maximum atomic E-state index is 7.02. The monoisotopic (exact) mass is 747 g/mol. The van der Waals surface area contributed by atoms with Crippen LogP contribution in [0.4, 0.5) is 17.1 Å². The van der Waals surface area contributed by atoms with Crippen LogP contribution in [-0.2, 0) is 0 Å². The van der Waals surface area contributed by atoms with E-state index in [4.69, 9.17) is 4.74 Å². The lowest BCUT2D eigenvalue weighted by molar-refractivity contribution is 0.487. The fraction of sp³-hybridized carbons (Fsp3) is 0. The van der Waals surface area contributed by atoms with Gasteiger partial charge in [-0.2, -0.15) is 0 Å². The van der Waals surface area contributed by atoms with Crippen LogP contribution in [0, 0.1) is 0 Å². The SMILES string of the molecule is c1ccc2c(c1)Oc1cc(N(c3ccc(-c4cccc5ccccc45)cc3)c3cccc4c3sc3ccccc34)ccc1[Si]21c2ccccc2-c2ccccc21. The highest BCUT2D eigenvalue weighted by Gasteiger charge is 2.53. The number of ether oxygens (including phenoxy) is 1. The van der Waals surface area contributed by atoms with Crippen molar-refractivity contribution in [2.24, 2.45) is 0 Å². The molecule has 262 valence electrons. The van der Waals surface area contributed by atoms with E-state index in [0.29, 0.717) is 0 Å². The molecule has 2 aliphatic heterocycles. The Morgan fingerprint density at radius 2 is 1.00 bits per heavy atom. The number of rotatable bonds is 4. The van der Waals surface area contributed by atoms with Crippen molar-refractivity contribution in [3.05, 3.63) is 200 Å². The summed E-state index contributed by atoms with van der Waals surface area (Å²) >= 11 is 1.86. The molecule has 1 aromatic heterocycles. The van der Waals surface area contributed by atoms with E-state index in [2.05, 4.69) is 205 Å². The van der Waals surface area contributed by atoms with Crippen LogP contribution in [0.25, 0.3) is 53.2 Å². The number of hydrogen-bond acceptors (Lipinski definition) is 3. The van der Waals surface area contributed by atoms with Crippen molar-refractivity contribution in [1.82, 2.24) is 0 Å². The highest BCUT2D eigenvalue weighted by molar-refractivity contribution is 7.26. The summed E-state index contributed by atoms with van der Waals surface area (Å²) in [5.74, 6) is 1.88. The highest BCUT2D eigenvalue weighted by Crippen LogP contribution is 2.46. The smallest absolute Gasteiger partial charge is 0.189 e. The topological polar surface area (TPSA) is 12.5 Å². The molecular weight excluding hydrogens is 715 g/mol. The van der Waals surface area contributed by atoms with Gasteiger partial charge in [0.05, 0.1) is 10.4 Å². The van der Waals surface area contributed by atoms with E-state index >= 15 is 0 Å². The van der Waals surface area contributed by atoms with Crippen molar-refractivity contribution < 1.29 is 4.74 Å². The summed E-state index contributed by atoms with van der Waals surface area (Å²) in [6, 6.07) is 73.7. The second kappa shape index (κ2) is 12.1. The van der Waals surface area contributed by atoms with Crippen LogP contribution < -0.4 is 30.4 Å². The van der Waals surface area contributed by atoms with Crippen LogP contribution in [0.5, 0.6) is 11.5 Å². The lowest BCUT2D eigenvalue weighted by Crippen LogP contribution is -2.74. The first-order valence-electron chi connectivity index (χ1n) is 19.2. The summed E-state index contributed by atoms with van der Waals surface area (Å²) < 4.78 is 9.57. The third-order valence-corrected chi connectivity index (χ3v) is 18.1. The first-order chi connectivity index (χ1) is 27.8. The van der Waals surface area contributed by atoms with Crippen molar-refractivity contribution in [1.29, 1.82) is 0 Å². The molecule has 0 saturated heterocycles. The fourth-order valence-corrected chi connectivity index (χ4v) is 16.2. The van der Waals surface area contributed by atoms with Crippen molar-refractivity contribution in [3.63, 3.8) is 0 Å². The van der Waals surface area contributed by atoms with Gasteiger partial charge in [0.1, 0.15) is 11.5 Å². The fourth-order valence-electron chi connectivity index (χ4n) is 9.59. The summed E-state index contributed by atoms with van der Waals surface area (Å²) in [6.45, 7) is 0. The number of benzene rings is 9. The zero-order valence-electron chi connectivity index (χ0n) is 30.3. The predicted octanol–water partition coefficient (Wildman–Crippen LogP) is 11.8. The van der Waals surface area contributed by atoms with Gasteiger partial charge in [-0.05, 0) is 90.2 Å². The Morgan fingerprint density at radius 3 is 1.82 bits per heavy atom. The van der Waals surface area contributed by atoms with Crippen LogP contribution in [-0.4, -0.2) is 8.07 Å².